The number of anilines is 1. The molecule has 8 heteroatoms. The van der Waals surface area contributed by atoms with Crippen molar-refractivity contribution < 1.29 is 23.4 Å². The minimum absolute atomic E-state index is 0.00331. The standard InChI is InChI=1S/C15H16F2N2O3S/c1-9-10(4-2-5-12(9)22-14(16)17)19-15(21)18-8-11(20)13-6-3-7-23-13/h2-7,11,14,20H,8H2,1H3,(H2,18,19,21)/t11-/m0/s1. The van der Waals surface area contributed by atoms with E-state index in [1.165, 1.54) is 23.5 Å². The summed E-state index contributed by atoms with van der Waals surface area (Å²) in [5.74, 6) is -0.00331. The molecule has 0 bridgehead atoms. The minimum atomic E-state index is -2.93. The number of alkyl halides is 2. The second-order valence-electron chi connectivity index (χ2n) is 4.67. The van der Waals surface area contributed by atoms with Crippen molar-refractivity contribution in [1.82, 2.24) is 5.32 Å². The fraction of sp³-hybridized carbons (Fsp3) is 0.267. The highest BCUT2D eigenvalue weighted by molar-refractivity contribution is 7.10. The molecule has 0 saturated carbocycles. The van der Waals surface area contributed by atoms with Gasteiger partial charge in [0.15, 0.2) is 0 Å². The molecule has 5 nitrogen and oxygen atoms in total. The van der Waals surface area contributed by atoms with Crippen LogP contribution in [0.5, 0.6) is 5.75 Å². The number of aliphatic hydroxyl groups excluding tert-OH is 1. The molecular weight excluding hydrogens is 326 g/mol. The van der Waals surface area contributed by atoms with Gasteiger partial charge in [0.05, 0.1) is 6.54 Å². The van der Waals surface area contributed by atoms with Crippen molar-refractivity contribution in [2.75, 3.05) is 11.9 Å². The number of nitrogens with one attached hydrogen (secondary N) is 2. The second kappa shape index (κ2) is 7.89. The predicted molar refractivity (Wildman–Crippen MR) is 84.1 cm³/mol. The fourth-order valence-electron chi connectivity index (χ4n) is 1.91. The van der Waals surface area contributed by atoms with E-state index in [-0.39, 0.29) is 12.3 Å². The number of aliphatic hydroxyl groups is 1. The summed E-state index contributed by atoms with van der Waals surface area (Å²) in [6.45, 7) is -1.33. The zero-order chi connectivity index (χ0) is 16.8. The molecule has 0 radical (unpaired) electrons. The Bertz CT molecular complexity index is 650. The first-order valence-corrected chi connectivity index (χ1v) is 7.66. The highest BCUT2D eigenvalue weighted by Crippen LogP contribution is 2.26. The number of benzene rings is 1. The van der Waals surface area contributed by atoms with Gasteiger partial charge < -0.3 is 20.5 Å². The molecule has 1 heterocycles. The summed E-state index contributed by atoms with van der Waals surface area (Å²) in [5.41, 5.74) is 0.744. The monoisotopic (exact) mass is 342 g/mol. The highest BCUT2D eigenvalue weighted by atomic mass is 32.1. The quantitative estimate of drug-likeness (QED) is 0.752. The van der Waals surface area contributed by atoms with Gasteiger partial charge in [0.25, 0.3) is 0 Å². The van der Waals surface area contributed by atoms with Gasteiger partial charge in [-0.25, -0.2) is 4.79 Å². The van der Waals surface area contributed by atoms with E-state index < -0.39 is 18.7 Å². The van der Waals surface area contributed by atoms with Gasteiger partial charge in [0.2, 0.25) is 0 Å². The van der Waals surface area contributed by atoms with E-state index >= 15 is 0 Å². The number of rotatable bonds is 6. The second-order valence-corrected chi connectivity index (χ2v) is 5.65. The Balaban J connectivity index is 1.92. The summed E-state index contributed by atoms with van der Waals surface area (Å²) in [5, 5.41) is 16.8. The molecule has 23 heavy (non-hydrogen) atoms. The lowest BCUT2D eigenvalue weighted by Crippen LogP contribution is -2.32. The molecule has 124 valence electrons. The van der Waals surface area contributed by atoms with Gasteiger partial charge in [-0.05, 0) is 30.5 Å². The first kappa shape index (κ1) is 17.2. The molecule has 2 aromatic rings. The van der Waals surface area contributed by atoms with E-state index in [4.69, 9.17) is 0 Å². The van der Waals surface area contributed by atoms with Crippen molar-refractivity contribution in [3.8, 4) is 5.75 Å². The van der Waals surface area contributed by atoms with Crippen LogP contribution in [0.4, 0.5) is 19.3 Å². The number of ether oxygens (including phenoxy) is 1. The zero-order valence-electron chi connectivity index (χ0n) is 12.3. The van der Waals surface area contributed by atoms with Crippen LogP contribution in [0.2, 0.25) is 0 Å². The molecule has 0 fully saturated rings. The Hall–Kier alpha value is -2.19. The third kappa shape index (κ3) is 4.90. The fourth-order valence-corrected chi connectivity index (χ4v) is 2.62. The lowest BCUT2D eigenvalue weighted by atomic mass is 10.2. The number of carbonyl (C=O) groups is 1. The molecule has 2 rings (SSSR count). The normalized spacial score (nSPS) is 12.0. The maximum atomic E-state index is 12.3. The molecule has 2 amide bonds. The van der Waals surface area contributed by atoms with Gasteiger partial charge in [-0.15, -0.1) is 11.3 Å². The van der Waals surface area contributed by atoms with Crippen LogP contribution in [0.25, 0.3) is 0 Å². The van der Waals surface area contributed by atoms with Crippen LogP contribution in [-0.4, -0.2) is 24.3 Å². The Morgan fingerprint density at radius 3 is 2.78 bits per heavy atom. The topological polar surface area (TPSA) is 70.6 Å². The Kier molecular flexibility index (Phi) is 5.89. The van der Waals surface area contributed by atoms with Crippen LogP contribution in [0.1, 0.15) is 16.5 Å². The Morgan fingerprint density at radius 1 is 1.35 bits per heavy atom. The predicted octanol–water partition coefficient (Wildman–Crippen LogP) is 3.51. The molecule has 3 N–H and O–H groups in total. The number of halogens is 2. The van der Waals surface area contributed by atoms with E-state index in [0.717, 1.165) is 4.88 Å². The molecule has 0 unspecified atom stereocenters. The van der Waals surface area contributed by atoms with E-state index in [1.807, 2.05) is 5.38 Å². The highest BCUT2D eigenvalue weighted by Gasteiger charge is 2.13. The third-order valence-electron chi connectivity index (χ3n) is 3.08. The van der Waals surface area contributed by atoms with E-state index in [2.05, 4.69) is 15.4 Å². The summed E-state index contributed by atoms with van der Waals surface area (Å²) in [6.07, 6.45) is -0.796. The summed E-state index contributed by atoms with van der Waals surface area (Å²) in [7, 11) is 0. The van der Waals surface area contributed by atoms with Gasteiger partial charge in [0, 0.05) is 16.1 Å². The van der Waals surface area contributed by atoms with Crippen molar-refractivity contribution in [2.45, 2.75) is 19.6 Å². The number of urea groups is 1. The molecule has 0 aliphatic rings. The Morgan fingerprint density at radius 2 is 2.13 bits per heavy atom. The minimum Gasteiger partial charge on any atom is -0.434 e. The zero-order valence-corrected chi connectivity index (χ0v) is 13.1. The molecule has 0 aliphatic heterocycles. The van der Waals surface area contributed by atoms with Crippen molar-refractivity contribution in [1.29, 1.82) is 0 Å². The van der Waals surface area contributed by atoms with Crippen LogP contribution in [0.3, 0.4) is 0 Å². The largest absolute Gasteiger partial charge is 0.434 e. The van der Waals surface area contributed by atoms with E-state index in [1.54, 1.807) is 25.1 Å². The lowest BCUT2D eigenvalue weighted by Gasteiger charge is -2.14. The summed E-state index contributed by atoms with van der Waals surface area (Å²) in [4.78, 5) is 12.6. The molecule has 0 spiro atoms. The summed E-state index contributed by atoms with van der Waals surface area (Å²) < 4.78 is 29.0. The van der Waals surface area contributed by atoms with Gasteiger partial charge in [-0.3, -0.25) is 0 Å². The maximum Gasteiger partial charge on any atom is 0.387 e. The maximum absolute atomic E-state index is 12.3. The Labute approximate surface area is 135 Å². The van der Waals surface area contributed by atoms with Gasteiger partial charge in [-0.1, -0.05) is 12.1 Å². The van der Waals surface area contributed by atoms with E-state index in [9.17, 15) is 18.7 Å². The first-order chi connectivity index (χ1) is 11.0. The van der Waals surface area contributed by atoms with Crippen LogP contribution >= 0.6 is 11.3 Å². The SMILES string of the molecule is Cc1c(NC(=O)NC[C@H](O)c2cccs2)cccc1OC(F)F. The third-order valence-corrected chi connectivity index (χ3v) is 4.05. The molecule has 1 atom stereocenters. The van der Waals surface area contributed by atoms with Crippen molar-refractivity contribution in [3.63, 3.8) is 0 Å². The van der Waals surface area contributed by atoms with Crippen LogP contribution in [0, 0.1) is 6.92 Å². The van der Waals surface area contributed by atoms with Crippen molar-refractivity contribution in [3.05, 3.63) is 46.2 Å². The average Bonchev–Trinajstić information content (AvgIpc) is 3.03. The number of hydrogen-bond acceptors (Lipinski definition) is 4. The summed E-state index contributed by atoms with van der Waals surface area (Å²) >= 11 is 1.39. The number of carbonyl (C=O) groups excluding carboxylic acids is 1. The average molecular weight is 342 g/mol. The van der Waals surface area contributed by atoms with Gasteiger partial charge >= 0.3 is 12.6 Å². The van der Waals surface area contributed by atoms with Crippen LogP contribution in [0.15, 0.2) is 35.7 Å². The van der Waals surface area contributed by atoms with E-state index in [0.29, 0.717) is 11.3 Å². The van der Waals surface area contributed by atoms with Crippen molar-refractivity contribution in [2.24, 2.45) is 0 Å². The molecule has 0 aliphatic carbocycles. The molecule has 1 aromatic heterocycles. The first-order valence-electron chi connectivity index (χ1n) is 6.78. The molecule has 1 aromatic carbocycles. The van der Waals surface area contributed by atoms with Crippen molar-refractivity contribution >= 4 is 23.1 Å². The van der Waals surface area contributed by atoms with Gasteiger partial charge in [0.1, 0.15) is 11.9 Å². The number of amides is 2. The number of hydrogen-bond donors (Lipinski definition) is 3. The molecular formula is C15H16F2N2O3S. The smallest absolute Gasteiger partial charge is 0.387 e. The summed E-state index contributed by atoms with van der Waals surface area (Å²) in [6, 6.07) is 7.50. The van der Waals surface area contributed by atoms with Crippen LogP contribution in [-0.2, 0) is 0 Å². The number of thiophene rings is 1. The molecule has 0 saturated heterocycles. The lowest BCUT2D eigenvalue weighted by molar-refractivity contribution is -0.0502. The van der Waals surface area contributed by atoms with Crippen LogP contribution < -0.4 is 15.4 Å². The van der Waals surface area contributed by atoms with Gasteiger partial charge in [-0.2, -0.15) is 8.78 Å².